The predicted molar refractivity (Wildman–Crippen MR) is 89.9 cm³/mol. The molecule has 0 spiro atoms. The largest absolute Gasteiger partial charge is 0.409 e. The summed E-state index contributed by atoms with van der Waals surface area (Å²) in [5.74, 6) is 1.95. The summed E-state index contributed by atoms with van der Waals surface area (Å²) in [4.78, 5) is 0. The van der Waals surface area contributed by atoms with Gasteiger partial charge in [-0.05, 0) is 25.0 Å². The van der Waals surface area contributed by atoms with E-state index in [-0.39, 0.29) is 5.84 Å². The second kappa shape index (κ2) is 7.18. The van der Waals surface area contributed by atoms with Gasteiger partial charge in [0.05, 0.1) is 0 Å². The number of benzene rings is 2. The van der Waals surface area contributed by atoms with E-state index in [4.69, 9.17) is 10.9 Å². The highest BCUT2D eigenvalue weighted by Crippen LogP contribution is 2.21. The summed E-state index contributed by atoms with van der Waals surface area (Å²) < 4.78 is 0. The highest BCUT2D eigenvalue weighted by atomic mass is 32.2. The number of aryl methyl sites for hydroxylation is 2. The summed E-state index contributed by atoms with van der Waals surface area (Å²) in [5.41, 5.74) is 11.5. The molecule has 0 unspecified atom stereocenters. The van der Waals surface area contributed by atoms with Crippen molar-refractivity contribution in [3.63, 3.8) is 0 Å². The molecule has 0 aliphatic carbocycles. The van der Waals surface area contributed by atoms with E-state index in [2.05, 4.69) is 37.2 Å². The van der Waals surface area contributed by atoms with E-state index in [1.807, 2.05) is 36.0 Å². The van der Waals surface area contributed by atoms with Crippen LogP contribution in [0, 0.1) is 13.8 Å². The summed E-state index contributed by atoms with van der Waals surface area (Å²) in [7, 11) is 0. The second-order valence-electron chi connectivity index (χ2n) is 5.13. The Kier molecular flexibility index (Phi) is 5.28. The van der Waals surface area contributed by atoms with Gasteiger partial charge in [-0.3, -0.25) is 0 Å². The highest BCUT2D eigenvalue weighted by Gasteiger charge is 2.06. The maximum Gasteiger partial charge on any atom is 0.170 e. The van der Waals surface area contributed by atoms with Crippen molar-refractivity contribution in [2.24, 2.45) is 10.9 Å². The van der Waals surface area contributed by atoms with Crippen molar-refractivity contribution in [1.29, 1.82) is 0 Å². The van der Waals surface area contributed by atoms with Gasteiger partial charge in [-0.2, -0.15) is 11.8 Å². The van der Waals surface area contributed by atoms with Crippen molar-refractivity contribution in [3.05, 3.63) is 70.3 Å². The van der Waals surface area contributed by atoms with Crippen LogP contribution in [-0.2, 0) is 11.5 Å². The average molecular weight is 300 g/mol. The van der Waals surface area contributed by atoms with Crippen LogP contribution in [0.3, 0.4) is 0 Å². The Morgan fingerprint density at radius 2 is 1.76 bits per heavy atom. The molecule has 0 saturated heterocycles. The molecule has 0 atom stereocenters. The van der Waals surface area contributed by atoms with Gasteiger partial charge in [0.25, 0.3) is 0 Å². The van der Waals surface area contributed by atoms with Gasteiger partial charge in [-0.25, -0.2) is 0 Å². The van der Waals surface area contributed by atoms with Crippen LogP contribution in [0.15, 0.2) is 47.6 Å². The maximum atomic E-state index is 8.83. The Morgan fingerprint density at radius 3 is 2.43 bits per heavy atom. The molecule has 0 saturated carbocycles. The van der Waals surface area contributed by atoms with E-state index in [9.17, 15) is 0 Å². The first kappa shape index (κ1) is 15.4. The molecule has 0 aliphatic heterocycles. The van der Waals surface area contributed by atoms with Crippen molar-refractivity contribution in [2.45, 2.75) is 25.4 Å². The Labute approximate surface area is 129 Å². The monoisotopic (exact) mass is 300 g/mol. The first-order valence-corrected chi connectivity index (χ1v) is 7.96. The molecule has 3 N–H and O–H groups in total. The zero-order chi connectivity index (χ0) is 15.2. The lowest BCUT2D eigenvalue weighted by molar-refractivity contribution is 0.318. The van der Waals surface area contributed by atoms with E-state index in [1.165, 1.54) is 16.7 Å². The van der Waals surface area contributed by atoms with Crippen LogP contribution in [0.1, 0.15) is 27.8 Å². The van der Waals surface area contributed by atoms with Gasteiger partial charge in [-0.15, -0.1) is 0 Å². The zero-order valence-electron chi connectivity index (χ0n) is 12.3. The van der Waals surface area contributed by atoms with Gasteiger partial charge in [0, 0.05) is 17.1 Å². The normalized spacial score (nSPS) is 11.6. The Morgan fingerprint density at radius 1 is 1.10 bits per heavy atom. The molecule has 0 radical (unpaired) electrons. The number of nitrogens with two attached hydrogens (primary N) is 1. The lowest BCUT2D eigenvalue weighted by Crippen LogP contribution is -2.15. The van der Waals surface area contributed by atoms with Crippen LogP contribution >= 0.6 is 11.8 Å². The number of rotatable bonds is 5. The van der Waals surface area contributed by atoms with Gasteiger partial charge >= 0.3 is 0 Å². The van der Waals surface area contributed by atoms with Gasteiger partial charge in [0.1, 0.15) is 0 Å². The molecule has 3 nitrogen and oxygen atoms in total. The number of nitrogens with zero attached hydrogens (tertiary/aromatic N) is 1. The number of amidine groups is 1. The average Bonchev–Trinajstić information content (AvgIpc) is 2.46. The van der Waals surface area contributed by atoms with Crippen molar-refractivity contribution in [2.75, 3.05) is 0 Å². The van der Waals surface area contributed by atoms with Crippen LogP contribution < -0.4 is 5.73 Å². The summed E-state index contributed by atoms with van der Waals surface area (Å²) in [6, 6.07) is 14.4. The van der Waals surface area contributed by atoms with E-state index in [0.717, 1.165) is 22.6 Å². The minimum atomic E-state index is 0.164. The zero-order valence-corrected chi connectivity index (χ0v) is 13.2. The Bertz CT molecular complexity index is 633. The van der Waals surface area contributed by atoms with Crippen LogP contribution in [0.25, 0.3) is 0 Å². The van der Waals surface area contributed by atoms with E-state index < -0.39 is 0 Å². The SMILES string of the molecule is Cc1cc(C)cc(CSCc2ccccc2/C(N)=N/O)c1. The fraction of sp³-hybridized carbons (Fsp3) is 0.235. The summed E-state index contributed by atoms with van der Waals surface area (Å²) >= 11 is 1.83. The van der Waals surface area contributed by atoms with E-state index >= 15 is 0 Å². The van der Waals surface area contributed by atoms with Crippen LogP contribution in [0.4, 0.5) is 0 Å². The third kappa shape index (κ3) is 4.26. The van der Waals surface area contributed by atoms with Crippen molar-refractivity contribution in [1.82, 2.24) is 0 Å². The second-order valence-corrected chi connectivity index (χ2v) is 6.12. The summed E-state index contributed by atoms with van der Waals surface area (Å²) in [6.45, 7) is 4.24. The van der Waals surface area contributed by atoms with Crippen molar-refractivity contribution in [3.8, 4) is 0 Å². The van der Waals surface area contributed by atoms with E-state index in [1.54, 1.807) is 0 Å². The quantitative estimate of drug-likeness (QED) is 0.382. The summed E-state index contributed by atoms with van der Waals surface area (Å²) in [6.07, 6.45) is 0. The highest BCUT2D eigenvalue weighted by molar-refractivity contribution is 7.97. The number of hydrogen-bond acceptors (Lipinski definition) is 3. The van der Waals surface area contributed by atoms with E-state index in [0.29, 0.717) is 0 Å². The molecule has 110 valence electrons. The molecule has 0 amide bonds. The lowest BCUT2D eigenvalue weighted by Gasteiger charge is -2.09. The molecule has 0 heterocycles. The lowest BCUT2D eigenvalue weighted by atomic mass is 10.1. The van der Waals surface area contributed by atoms with Gasteiger partial charge in [0.2, 0.25) is 0 Å². The molecule has 2 aromatic carbocycles. The Hall–Kier alpha value is -1.94. The molecule has 2 rings (SSSR count). The standard InChI is InChI=1S/C17H20N2OS/c1-12-7-13(2)9-14(8-12)10-21-11-15-5-3-4-6-16(15)17(18)19-20/h3-9,20H,10-11H2,1-2H3,(H2,18,19). The molecule has 4 heteroatoms. The summed E-state index contributed by atoms with van der Waals surface area (Å²) in [5, 5.41) is 11.9. The first-order chi connectivity index (χ1) is 10.1. The third-order valence-corrected chi connectivity index (χ3v) is 4.26. The van der Waals surface area contributed by atoms with Crippen LogP contribution in [0.2, 0.25) is 0 Å². The number of oxime groups is 1. The van der Waals surface area contributed by atoms with Crippen molar-refractivity contribution < 1.29 is 5.21 Å². The molecule has 0 aromatic heterocycles. The smallest absolute Gasteiger partial charge is 0.170 e. The topological polar surface area (TPSA) is 58.6 Å². The fourth-order valence-corrected chi connectivity index (χ4v) is 3.36. The molecule has 0 fully saturated rings. The van der Waals surface area contributed by atoms with Crippen LogP contribution in [-0.4, -0.2) is 11.0 Å². The predicted octanol–water partition coefficient (Wildman–Crippen LogP) is 3.83. The molecular formula is C17H20N2OS. The Balaban J connectivity index is 2.04. The third-order valence-electron chi connectivity index (χ3n) is 3.21. The molecule has 2 aromatic rings. The van der Waals surface area contributed by atoms with Crippen LogP contribution in [0.5, 0.6) is 0 Å². The molecular weight excluding hydrogens is 280 g/mol. The minimum absolute atomic E-state index is 0.164. The molecule has 0 aliphatic rings. The maximum absolute atomic E-state index is 8.83. The number of thioether (sulfide) groups is 1. The fourth-order valence-electron chi connectivity index (χ4n) is 2.38. The minimum Gasteiger partial charge on any atom is -0.409 e. The van der Waals surface area contributed by atoms with Gasteiger partial charge < -0.3 is 10.9 Å². The van der Waals surface area contributed by atoms with Gasteiger partial charge in [0.15, 0.2) is 5.84 Å². The van der Waals surface area contributed by atoms with Gasteiger partial charge in [-0.1, -0.05) is 58.7 Å². The first-order valence-electron chi connectivity index (χ1n) is 6.81. The molecule has 0 bridgehead atoms. The van der Waals surface area contributed by atoms with Crippen molar-refractivity contribution >= 4 is 17.6 Å². The molecule has 21 heavy (non-hydrogen) atoms. The number of hydrogen-bond donors (Lipinski definition) is 2.